The van der Waals surface area contributed by atoms with Crippen LogP contribution in [0.1, 0.15) is 24.0 Å². The SMILES string of the molecule is Cc1ccc2c(c1C1(C(=O)O)CC1)OCCO2. The molecule has 0 saturated heterocycles. The first kappa shape index (κ1) is 10.4. The van der Waals surface area contributed by atoms with Gasteiger partial charge < -0.3 is 14.6 Å². The standard InChI is InChI=1S/C13H14O4/c1-8-2-3-9-11(17-7-6-16-9)10(8)13(4-5-13)12(14)15/h2-3H,4-7H2,1H3,(H,14,15). The molecule has 3 rings (SSSR count). The lowest BCUT2D eigenvalue weighted by Gasteiger charge is -2.25. The molecule has 4 heteroatoms. The van der Waals surface area contributed by atoms with Crippen LogP contribution in [0, 0.1) is 6.92 Å². The van der Waals surface area contributed by atoms with Gasteiger partial charge in [0.2, 0.25) is 0 Å². The van der Waals surface area contributed by atoms with Gasteiger partial charge in [0.25, 0.3) is 0 Å². The molecule has 90 valence electrons. The van der Waals surface area contributed by atoms with E-state index in [4.69, 9.17) is 9.47 Å². The van der Waals surface area contributed by atoms with Gasteiger partial charge in [0.1, 0.15) is 13.2 Å². The number of aliphatic carboxylic acids is 1. The van der Waals surface area contributed by atoms with E-state index < -0.39 is 11.4 Å². The van der Waals surface area contributed by atoms with E-state index in [2.05, 4.69) is 0 Å². The number of fused-ring (bicyclic) bond motifs is 1. The number of carboxylic acids is 1. The number of benzene rings is 1. The van der Waals surface area contributed by atoms with Crippen molar-refractivity contribution in [3.8, 4) is 11.5 Å². The Morgan fingerprint density at radius 3 is 2.65 bits per heavy atom. The van der Waals surface area contributed by atoms with Crippen molar-refractivity contribution in [3.05, 3.63) is 23.3 Å². The van der Waals surface area contributed by atoms with Crippen molar-refractivity contribution in [3.63, 3.8) is 0 Å². The van der Waals surface area contributed by atoms with Crippen LogP contribution in [-0.2, 0) is 10.2 Å². The number of carboxylic acid groups (broad SMARTS) is 1. The summed E-state index contributed by atoms with van der Waals surface area (Å²) in [5, 5.41) is 9.39. The molecule has 0 radical (unpaired) electrons. The minimum absolute atomic E-state index is 0.485. The Bertz CT molecular complexity index is 488. The molecule has 0 unspecified atom stereocenters. The van der Waals surface area contributed by atoms with Crippen molar-refractivity contribution < 1.29 is 19.4 Å². The van der Waals surface area contributed by atoms with Crippen LogP contribution in [0.3, 0.4) is 0 Å². The van der Waals surface area contributed by atoms with E-state index in [0.29, 0.717) is 37.6 Å². The van der Waals surface area contributed by atoms with Crippen LogP contribution < -0.4 is 9.47 Å². The van der Waals surface area contributed by atoms with Crippen molar-refractivity contribution in [2.24, 2.45) is 0 Å². The van der Waals surface area contributed by atoms with Gasteiger partial charge >= 0.3 is 5.97 Å². The smallest absolute Gasteiger partial charge is 0.314 e. The molecule has 0 atom stereocenters. The van der Waals surface area contributed by atoms with E-state index in [-0.39, 0.29) is 0 Å². The second-order valence-electron chi connectivity index (χ2n) is 4.67. The van der Waals surface area contributed by atoms with Gasteiger partial charge in [0.15, 0.2) is 11.5 Å². The Morgan fingerprint density at radius 1 is 1.29 bits per heavy atom. The first-order chi connectivity index (χ1) is 8.15. The number of hydrogen-bond acceptors (Lipinski definition) is 3. The molecule has 1 fully saturated rings. The average Bonchev–Trinajstić information content (AvgIpc) is 3.10. The molecule has 1 aliphatic carbocycles. The zero-order valence-corrected chi connectivity index (χ0v) is 9.66. The summed E-state index contributed by atoms with van der Waals surface area (Å²) in [5.41, 5.74) is 1.03. The Balaban J connectivity index is 2.18. The predicted octanol–water partition coefficient (Wildman–Crippen LogP) is 1.88. The Labute approximate surface area is 99.2 Å². The van der Waals surface area contributed by atoms with E-state index in [9.17, 15) is 9.90 Å². The second kappa shape index (κ2) is 3.39. The van der Waals surface area contributed by atoms with Crippen LogP contribution in [0.5, 0.6) is 11.5 Å². The van der Waals surface area contributed by atoms with Gasteiger partial charge in [-0.1, -0.05) is 6.07 Å². The van der Waals surface area contributed by atoms with E-state index in [1.54, 1.807) is 0 Å². The van der Waals surface area contributed by atoms with E-state index >= 15 is 0 Å². The van der Waals surface area contributed by atoms with Crippen molar-refractivity contribution in [2.75, 3.05) is 13.2 Å². The van der Waals surface area contributed by atoms with Crippen LogP contribution in [0.2, 0.25) is 0 Å². The minimum atomic E-state index is -0.761. The van der Waals surface area contributed by atoms with Crippen LogP contribution in [0.15, 0.2) is 12.1 Å². The third-order valence-electron chi connectivity index (χ3n) is 3.56. The Morgan fingerprint density at radius 2 is 2.00 bits per heavy atom. The number of hydrogen-bond donors (Lipinski definition) is 1. The summed E-state index contributed by atoms with van der Waals surface area (Å²) in [6.45, 7) is 2.94. The van der Waals surface area contributed by atoms with E-state index in [1.807, 2.05) is 19.1 Å². The topological polar surface area (TPSA) is 55.8 Å². The summed E-state index contributed by atoms with van der Waals surface area (Å²) in [5.74, 6) is 0.545. The molecular weight excluding hydrogens is 220 g/mol. The second-order valence-corrected chi connectivity index (χ2v) is 4.67. The molecule has 0 spiro atoms. The van der Waals surface area contributed by atoms with Crippen LogP contribution in [0.25, 0.3) is 0 Å². The summed E-state index contributed by atoms with van der Waals surface area (Å²) in [6.07, 6.45) is 1.37. The normalized spacial score (nSPS) is 19.8. The maximum absolute atomic E-state index is 11.4. The zero-order chi connectivity index (χ0) is 12.0. The van der Waals surface area contributed by atoms with Gasteiger partial charge in [-0.2, -0.15) is 0 Å². The first-order valence-corrected chi connectivity index (χ1v) is 5.78. The predicted molar refractivity (Wildman–Crippen MR) is 60.7 cm³/mol. The van der Waals surface area contributed by atoms with Crippen LogP contribution >= 0.6 is 0 Å². The van der Waals surface area contributed by atoms with Crippen molar-refractivity contribution in [2.45, 2.75) is 25.2 Å². The van der Waals surface area contributed by atoms with Gasteiger partial charge in [-0.05, 0) is 31.4 Å². The molecule has 1 N–H and O–H groups in total. The highest BCUT2D eigenvalue weighted by Gasteiger charge is 2.54. The summed E-state index contributed by atoms with van der Waals surface area (Å²) >= 11 is 0. The van der Waals surface area contributed by atoms with E-state index in [0.717, 1.165) is 11.1 Å². The van der Waals surface area contributed by atoms with Gasteiger partial charge in [0, 0.05) is 5.56 Å². The number of carbonyl (C=O) groups is 1. The number of aryl methyl sites for hydroxylation is 1. The fourth-order valence-corrected chi connectivity index (χ4v) is 2.50. The summed E-state index contributed by atoms with van der Waals surface area (Å²) in [7, 11) is 0. The molecule has 0 amide bonds. The molecule has 1 aliphatic heterocycles. The third-order valence-corrected chi connectivity index (χ3v) is 3.56. The molecular formula is C13H14O4. The Kier molecular flexibility index (Phi) is 2.08. The molecule has 1 saturated carbocycles. The van der Waals surface area contributed by atoms with Gasteiger partial charge in [-0.15, -0.1) is 0 Å². The highest BCUT2D eigenvalue weighted by molar-refractivity contribution is 5.87. The van der Waals surface area contributed by atoms with E-state index in [1.165, 1.54) is 0 Å². The number of rotatable bonds is 2. The van der Waals surface area contributed by atoms with Crippen LogP contribution in [-0.4, -0.2) is 24.3 Å². The molecule has 17 heavy (non-hydrogen) atoms. The lowest BCUT2D eigenvalue weighted by Crippen LogP contribution is -2.25. The van der Waals surface area contributed by atoms with Crippen LogP contribution in [0.4, 0.5) is 0 Å². The summed E-state index contributed by atoms with van der Waals surface area (Å²) in [6, 6.07) is 3.76. The van der Waals surface area contributed by atoms with Crippen molar-refractivity contribution in [1.82, 2.24) is 0 Å². The highest BCUT2D eigenvalue weighted by Crippen LogP contribution is 2.55. The summed E-state index contributed by atoms with van der Waals surface area (Å²) in [4.78, 5) is 11.4. The molecule has 2 aliphatic rings. The van der Waals surface area contributed by atoms with Gasteiger partial charge in [-0.3, -0.25) is 4.79 Å². The van der Waals surface area contributed by atoms with Crippen molar-refractivity contribution >= 4 is 5.97 Å². The maximum atomic E-state index is 11.4. The quantitative estimate of drug-likeness (QED) is 0.848. The molecule has 4 nitrogen and oxygen atoms in total. The van der Waals surface area contributed by atoms with Gasteiger partial charge in [-0.25, -0.2) is 0 Å². The first-order valence-electron chi connectivity index (χ1n) is 5.78. The molecule has 1 aromatic rings. The third kappa shape index (κ3) is 1.40. The maximum Gasteiger partial charge on any atom is 0.314 e. The highest BCUT2D eigenvalue weighted by atomic mass is 16.6. The van der Waals surface area contributed by atoms with Crippen molar-refractivity contribution in [1.29, 1.82) is 0 Å². The number of ether oxygens (including phenoxy) is 2. The molecule has 1 heterocycles. The average molecular weight is 234 g/mol. The molecule has 0 aromatic heterocycles. The summed E-state index contributed by atoms with van der Waals surface area (Å²) < 4.78 is 11.1. The fraction of sp³-hybridized carbons (Fsp3) is 0.462. The van der Waals surface area contributed by atoms with Gasteiger partial charge in [0.05, 0.1) is 5.41 Å². The largest absolute Gasteiger partial charge is 0.486 e. The zero-order valence-electron chi connectivity index (χ0n) is 9.66. The lowest BCUT2D eigenvalue weighted by molar-refractivity contribution is -0.140. The lowest BCUT2D eigenvalue weighted by atomic mass is 9.90. The molecule has 0 bridgehead atoms. The monoisotopic (exact) mass is 234 g/mol. The molecule has 1 aromatic carbocycles. The fourth-order valence-electron chi connectivity index (χ4n) is 2.50. The Hall–Kier alpha value is -1.71. The minimum Gasteiger partial charge on any atom is -0.486 e.